The van der Waals surface area contributed by atoms with Gasteiger partial charge in [0.15, 0.2) is 0 Å². The molecule has 1 aliphatic heterocycles. The quantitative estimate of drug-likeness (QED) is 0.803. The zero-order chi connectivity index (χ0) is 12.1. The van der Waals surface area contributed by atoms with Crippen LogP contribution in [0.4, 0.5) is 0 Å². The van der Waals surface area contributed by atoms with E-state index in [2.05, 4.69) is 5.32 Å². The van der Waals surface area contributed by atoms with E-state index in [1.807, 2.05) is 6.07 Å². The average Bonchev–Trinajstić information content (AvgIpc) is 2.89. The van der Waals surface area contributed by atoms with E-state index in [1.165, 1.54) is 7.11 Å². The number of ether oxygens (including phenoxy) is 2. The zero-order valence-electron chi connectivity index (χ0n) is 9.94. The van der Waals surface area contributed by atoms with Crippen molar-refractivity contribution in [2.24, 2.45) is 5.92 Å². The number of benzene rings is 1. The van der Waals surface area contributed by atoms with Crippen molar-refractivity contribution >= 4 is 5.97 Å². The summed E-state index contributed by atoms with van der Waals surface area (Å²) in [6.45, 7) is 2.67. The molecule has 2 rings (SSSR count). The number of carbonyl (C=O) groups excluding carboxylic acids is 1. The Hall–Kier alpha value is -1.55. The Morgan fingerprint density at radius 3 is 3.00 bits per heavy atom. The maximum Gasteiger partial charge on any atom is 0.341 e. The topological polar surface area (TPSA) is 47.6 Å². The Morgan fingerprint density at radius 1 is 1.47 bits per heavy atom. The molecule has 0 saturated carbocycles. The fourth-order valence-corrected chi connectivity index (χ4v) is 1.94. The summed E-state index contributed by atoms with van der Waals surface area (Å²) in [5, 5.41) is 3.29. The van der Waals surface area contributed by atoms with Crippen LogP contribution >= 0.6 is 0 Å². The lowest BCUT2D eigenvalue weighted by atomic mass is 10.1. The minimum Gasteiger partial charge on any atom is -0.492 e. The molecule has 0 spiro atoms. The molecule has 1 aromatic carbocycles. The van der Waals surface area contributed by atoms with E-state index in [0.29, 0.717) is 23.8 Å². The number of hydrogen-bond donors (Lipinski definition) is 1. The summed E-state index contributed by atoms with van der Waals surface area (Å²) in [4.78, 5) is 11.5. The van der Waals surface area contributed by atoms with Gasteiger partial charge in [0, 0.05) is 12.5 Å². The van der Waals surface area contributed by atoms with E-state index in [1.54, 1.807) is 18.2 Å². The van der Waals surface area contributed by atoms with Crippen LogP contribution in [-0.2, 0) is 4.74 Å². The maximum atomic E-state index is 11.5. The molecular weight excluding hydrogens is 218 g/mol. The van der Waals surface area contributed by atoms with Crippen molar-refractivity contribution < 1.29 is 14.3 Å². The Balaban J connectivity index is 2.01. The Kier molecular flexibility index (Phi) is 3.98. The molecule has 1 aromatic rings. The van der Waals surface area contributed by atoms with Crippen LogP contribution in [0.1, 0.15) is 16.8 Å². The summed E-state index contributed by atoms with van der Waals surface area (Å²) in [7, 11) is 1.38. The number of nitrogens with one attached hydrogen (secondary N) is 1. The summed E-state index contributed by atoms with van der Waals surface area (Å²) in [5.74, 6) is 0.775. The maximum absolute atomic E-state index is 11.5. The fourth-order valence-electron chi connectivity index (χ4n) is 1.94. The largest absolute Gasteiger partial charge is 0.492 e. The highest BCUT2D eigenvalue weighted by atomic mass is 16.5. The van der Waals surface area contributed by atoms with Crippen LogP contribution in [0, 0.1) is 5.92 Å². The standard InChI is InChI=1S/C13H17NO3/c1-16-13(15)11-4-2-3-5-12(11)17-9-10-6-7-14-8-10/h2-5,10,14H,6-9H2,1H3. The minimum absolute atomic E-state index is 0.356. The third-order valence-electron chi connectivity index (χ3n) is 2.93. The van der Waals surface area contributed by atoms with Crippen molar-refractivity contribution in [3.8, 4) is 5.75 Å². The van der Waals surface area contributed by atoms with Gasteiger partial charge < -0.3 is 14.8 Å². The first kappa shape index (κ1) is 11.9. The second-order valence-electron chi connectivity index (χ2n) is 4.16. The van der Waals surface area contributed by atoms with Gasteiger partial charge in [-0.15, -0.1) is 0 Å². The number of rotatable bonds is 4. The lowest BCUT2D eigenvalue weighted by Crippen LogP contribution is -2.16. The third kappa shape index (κ3) is 2.97. The first-order chi connectivity index (χ1) is 8.31. The van der Waals surface area contributed by atoms with E-state index >= 15 is 0 Å². The van der Waals surface area contributed by atoms with Crippen LogP contribution in [0.2, 0.25) is 0 Å². The van der Waals surface area contributed by atoms with Gasteiger partial charge in [0.05, 0.1) is 13.7 Å². The molecule has 0 aliphatic carbocycles. The molecule has 0 radical (unpaired) electrons. The molecule has 92 valence electrons. The smallest absolute Gasteiger partial charge is 0.341 e. The first-order valence-corrected chi connectivity index (χ1v) is 5.82. The molecule has 1 saturated heterocycles. The normalized spacial score (nSPS) is 19.0. The molecule has 1 fully saturated rings. The van der Waals surface area contributed by atoms with Gasteiger partial charge in [-0.05, 0) is 25.1 Å². The summed E-state index contributed by atoms with van der Waals surface area (Å²) in [5.41, 5.74) is 0.487. The van der Waals surface area contributed by atoms with Crippen molar-refractivity contribution in [3.05, 3.63) is 29.8 Å². The van der Waals surface area contributed by atoms with Gasteiger partial charge in [-0.3, -0.25) is 0 Å². The Labute approximate surface area is 101 Å². The van der Waals surface area contributed by atoms with Crippen LogP contribution < -0.4 is 10.1 Å². The second kappa shape index (κ2) is 5.68. The monoisotopic (exact) mass is 235 g/mol. The first-order valence-electron chi connectivity index (χ1n) is 5.82. The summed E-state index contributed by atoms with van der Waals surface area (Å²) in [6, 6.07) is 7.17. The van der Waals surface area contributed by atoms with Crippen molar-refractivity contribution in [2.75, 3.05) is 26.8 Å². The molecule has 17 heavy (non-hydrogen) atoms. The van der Waals surface area contributed by atoms with Crippen LogP contribution in [0.15, 0.2) is 24.3 Å². The molecule has 1 unspecified atom stereocenters. The van der Waals surface area contributed by atoms with Crippen molar-refractivity contribution in [2.45, 2.75) is 6.42 Å². The van der Waals surface area contributed by atoms with E-state index in [-0.39, 0.29) is 5.97 Å². The lowest BCUT2D eigenvalue weighted by Gasteiger charge is -2.13. The van der Waals surface area contributed by atoms with E-state index in [9.17, 15) is 4.79 Å². The van der Waals surface area contributed by atoms with Crippen LogP contribution in [0.25, 0.3) is 0 Å². The number of para-hydroxylation sites is 1. The lowest BCUT2D eigenvalue weighted by molar-refractivity contribution is 0.0595. The molecule has 1 atom stereocenters. The minimum atomic E-state index is -0.356. The predicted molar refractivity (Wildman–Crippen MR) is 64.3 cm³/mol. The SMILES string of the molecule is COC(=O)c1ccccc1OCC1CCNC1. The van der Waals surface area contributed by atoms with Gasteiger partial charge in [0.25, 0.3) is 0 Å². The van der Waals surface area contributed by atoms with E-state index in [0.717, 1.165) is 19.5 Å². The highest BCUT2D eigenvalue weighted by Gasteiger charge is 2.17. The van der Waals surface area contributed by atoms with E-state index in [4.69, 9.17) is 9.47 Å². The van der Waals surface area contributed by atoms with Crippen molar-refractivity contribution in [1.29, 1.82) is 0 Å². The van der Waals surface area contributed by atoms with Crippen molar-refractivity contribution in [1.82, 2.24) is 5.32 Å². The summed E-state index contributed by atoms with van der Waals surface area (Å²) >= 11 is 0. The Bertz CT molecular complexity index is 386. The molecule has 4 nitrogen and oxygen atoms in total. The Morgan fingerprint density at radius 2 is 2.29 bits per heavy atom. The van der Waals surface area contributed by atoms with E-state index < -0.39 is 0 Å². The molecular formula is C13H17NO3. The third-order valence-corrected chi connectivity index (χ3v) is 2.93. The molecule has 1 heterocycles. The predicted octanol–water partition coefficient (Wildman–Crippen LogP) is 1.46. The van der Waals surface area contributed by atoms with Crippen molar-refractivity contribution in [3.63, 3.8) is 0 Å². The van der Waals surface area contributed by atoms with Gasteiger partial charge >= 0.3 is 5.97 Å². The number of hydrogen-bond acceptors (Lipinski definition) is 4. The highest BCUT2D eigenvalue weighted by Crippen LogP contribution is 2.20. The molecule has 1 aliphatic rings. The summed E-state index contributed by atoms with van der Waals surface area (Å²) in [6.07, 6.45) is 1.13. The molecule has 0 bridgehead atoms. The van der Waals surface area contributed by atoms with Crippen LogP contribution in [-0.4, -0.2) is 32.8 Å². The molecule has 1 N–H and O–H groups in total. The zero-order valence-corrected chi connectivity index (χ0v) is 9.94. The molecule has 0 aromatic heterocycles. The number of methoxy groups -OCH3 is 1. The van der Waals surface area contributed by atoms with Crippen LogP contribution in [0.5, 0.6) is 5.75 Å². The van der Waals surface area contributed by atoms with Gasteiger partial charge in [0.2, 0.25) is 0 Å². The van der Waals surface area contributed by atoms with Gasteiger partial charge in [-0.1, -0.05) is 12.1 Å². The number of esters is 1. The van der Waals surface area contributed by atoms with Crippen LogP contribution in [0.3, 0.4) is 0 Å². The molecule has 4 heteroatoms. The average molecular weight is 235 g/mol. The second-order valence-corrected chi connectivity index (χ2v) is 4.16. The van der Waals surface area contributed by atoms with Gasteiger partial charge in [-0.25, -0.2) is 4.79 Å². The summed E-state index contributed by atoms with van der Waals surface area (Å²) < 4.78 is 10.4. The fraction of sp³-hybridized carbons (Fsp3) is 0.462. The highest BCUT2D eigenvalue weighted by molar-refractivity contribution is 5.92. The number of carbonyl (C=O) groups is 1. The van der Waals surface area contributed by atoms with Gasteiger partial charge in [0.1, 0.15) is 11.3 Å². The molecule has 0 amide bonds. The van der Waals surface area contributed by atoms with Gasteiger partial charge in [-0.2, -0.15) is 0 Å².